The van der Waals surface area contributed by atoms with Gasteiger partial charge >= 0.3 is 5.97 Å². The number of hydrogen-bond donors (Lipinski definition) is 2. The van der Waals surface area contributed by atoms with E-state index in [0.29, 0.717) is 11.3 Å². The van der Waals surface area contributed by atoms with Crippen LogP contribution in [0.4, 0.5) is 0 Å². The molecule has 0 fully saturated rings. The van der Waals surface area contributed by atoms with Crippen LogP contribution in [0.3, 0.4) is 0 Å². The lowest BCUT2D eigenvalue weighted by molar-refractivity contribution is -0.144. The van der Waals surface area contributed by atoms with Crippen LogP contribution in [0.25, 0.3) is 0 Å². The molecule has 1 aromatic rings. The van der Waals surface area contributed by atoms with Crippen LogP contribution in [-0.4, -0.2) is 30.8 Å². The van der Waals surface area contributed by atoms with Crippen LogP contribution in [-0.2, 0) is 16.0 Å². The number of benzene rings is 1. The third kappa shape index (κ3) is 3.87. The lowest BCUT2D eigenvalue weighted by Crippen LogP contribution is -2.34. The molecule has 0 aliphatic rings. The molecule has 0 saturated heterocycles. The Labute approximate surface area is 119 Å². The molecule has 0 aromatic heterocycles. The molecule has 0 radical (unpaired) electrons. The third-order valence-electron chi connectivity index (χ3n) is 3.09. The van der Waals surface area contributed by atoms with Crippen molar-refractivity contribution in [3.8, 4) is 11.5 Å². The predicted octanol–water partition coefficient (Wildman–Crippen LogP) is 1.96. The minimum Gasteiger partial charge on any atom is -0.504 e. The molecule has 0 aliphatic heterocycles. The number of methoxy groups -OCH3 is 1. The highest BCUT2D eigenvalue weighted by Crippen LogP contribution is 2.34. The lowest BCUT2D eigenvalue weighted by atomic mass is 9.96. The maximum atomic E-state index is 11.6. The minimum absolute atomic E-state index is 0.0247. The average molecular weight is 281 g/mol. The summed E-state index contributed by atoms with van der Waals surface area (Å²) in [6, 6.07) is 2.84. The summed E-state index contributed by atoms with van der Waals surface area (Å²) in [7, 11) is 1.49. The summed E-state index contributed by atoms with van der Waals surface area (Å²) < 4.78 is 10.0. The van der Waals surface area contributed by atoms with E-state index in [9.17, 15) is 9.90 Å². The zero-order chi connectivity index (χ0) is 15.3. The quantitative estimate of drug-likeness (QED) is 0.779. The third-order valence-corrected chi connectivity index (χ3v) is 3.09. The molecule has 0 spiro atoms. The van der Waals surface area contributed by atoms with E-state index in [4.69, 9.17) is 15.2 Å². The number of esters is 1. The zero-order valence-electron chi connectivity index (χ0n) is 12.5. The van der Waals surface area contributed by atoms with Crippen LogP contribution in [0, 0.1) is 0 Å². The first-order valence-electron chi connectivity index (χ1n) is 6.72. The van der Waals surface area contributed by atoms with Crippen molar-refractivity contribution in [2.24, 2.45) is 5.73 Å². The Morgan fingerprint density at radius 2 is 2.05 bits per heavy atom. The molecule has 0 amide bonds. The Morgan fingerprint density at radius 3 is 2.55 bits per heavy atom. The van der Waals surface area contributed by atoms with E-state index < -0.39 is 12.0 Å². The summed E-state index contributed by atoms with van der Waals surface area (Å²) in [5.74, 6) is 0.224. The highest BCUT2D eigenvalue weighted by atomic mass is 16.5. The summed E-state index contributed by atoms with van der Waals surface area (Å²) in [6.45, 7) is 6.10. The molecule has 5 heteroatoms. The second-order valence-electron chi connectivity index (χ2n) is 4.95. The van der Waals surface area contributed by atoms with Gasteiger partial charge in [-0.2, -0.15) is 0 Å². The summed E-state index contributed by atoms with van der Waals surface area (Å²) >= 11 is 0. The molecule has 0 aliphatic carbocycles. The van der Waals surface area contributed by atoms with Crippen molar-refractivity contribution < 1.29 is 19.4 Å². The van der Waals surface area contributed by atoms with E-state index in [2.05, 4.69) is 0 Å². The van der Waals surface area contributed by atoms with Crippen LogP contribution < -0.4 is 10.5 Å². The SMILES string of the molecule is CCOC(=O)C(N)Cc1cc(C(C)C)cc(OC)c1O. The number of phenolic OH excluding ortho intramolecular Hbond substituents is 1. The van der Waals surface area contributed by atoms with E-state index in [-0.39, 0.29) is 24.7 Å². The van der Waals surface area contributed by atoms with Gasteiger partial charge in [0.1, 0.15) is 6.04 Å². The summed E-state index contributed by atoms with van der Waals surface area (Å²) in [4.78, 5) is 11.6. The van der Waals surface area contributed by atoms with E-state index >= 15 is 0 Å². The van der Waals surface area contributed by atoms with Gasteiger partial charge in [0.05, 0.1) is 13.7 Å². The molecule has 1 atom stereocenters. The van der Waals surface area contributed by atoms with E-state index in [1.165, 1.54) is 7.11 Å². The second kappa shape index (κ2) is 7.14. The second-order valence-corrected chi connectivity index (χ2v) is 4.95. The van der Waals surface area contributed by atoms with Crippen molar-refractivity contribution in [3.05, 3.63) is 23.3 Å². The maximum Gasteiger partial charge on any atom is 0.323 e. The molecule has 5 nitrogen and oxygen atoms in total. The fourth-order valence-corrected chi connectivity index (χ4v) is 1.90. The first-order valence-corrected chi connectivity index (χ1v) is 6.72. The molecule has 0 heterocycles. The van der Waals surface area contributed by atoms with Crippen molar-refractivity contribution in [3.63, 3.8) is 0 Å². The van der Waals surface area contributed by atoms with Crippen LogP contribution in [0.1, 0.15) is 37.8 Å². The Balaban J connectivity index is 3.04. The molecular formula is C15H23NO4. The van der Waals surface area contributed by atoms with Crippen molar-refractivity contribution in [1.29, 1.82) is 0 Å². The summed E-state index contributed by atoms with van der Waals surface area (Å²) in [6.07, 6.45) is 0.210. The average Bonchev–Trinajstić information content (AvgIpc) is 2.40. The largest absolute Gasteiger partial charge is 0.504 e. The van der Waals surface area contributed by atoms with Gasteiger partial charge in [0.15, 0.2) is 11.5 Å². The summed E-state index contributed by atoms with van der Waals surface area (Å²) in [5.41, 5.74) is 7.41. The first kappa shape index (κ1) is 16.3. The normalized spacial score (nSPS) is 12.3. The van der Waals surface area contributed by atoms with Gasteiger partial charge in [-0.05, 0) is 24.5 Å². The highest BCUT2D eigenvalue weighted by Gasteiger charge is 2.20. The molecule has 1 rings (SSSR count). The van der Waals surface area contributed by atoms with Crippen molar-refractivity contribution in [2.75, 3.05) is 13.7 Å². The van der Waals surface area contributed by atoms with Gasteiger partial charge in [0.2, 0.25) is 0 Å². The molecule has 112 valence electrons. The number of rotatable bonds is 6. The van der Waals surface area contributed by atoms with Gasteiger partial charge < -0.3 is 20.3 Å². The Kier molecular flexibility index (Phi) is 5.82. The standard InChI is InChI=1S/C15H23NO4/c1-5-20-15(18)12(16)7-11-6-10(9(2)3)8-13(19-4)14(11)17/h6,8-9,12,17H,5,7,16H2,1-4H3. The molecule has 3 N–H and O–H groups in total. The minimum atomic E-state index is -0.798. The molecule has 20 heavy (non-hydrogen) atoms. The van der Waals surface area contributed by atoms with Gasteiger partial charge in [-0.15, -0.1) is 0 Å². The van der Waals surface area contributed by atoms with E-state index in [1.807, 2.05) is 19.9 Å². The van der Waals surface area contributed by atoms with Crippen LogP contribution in [0.15, 0.2) is 12.1 Å². The van der Waals surface area contributed by atoms with Gasteiger partial charge in [-0.3, -0.25) is 4.79 Å². The first-order chi connectivity index (χ1) is 9.40. The van der Waals surface area contributed by atoms with Crippen molar-refractivity contribution in [2.45, 2.75) is 39.2 Å². The number of carbonyl (C=O) groups excluding carboxylic acids is 1. The number of ether oxygens (including phenoxy) is 2. The lowest BCUT2D eigenvalue weighted by Gasteiger charge is -2.16. The Morgan fingerprint density at radius 1 is 1.40 bits per heavy atom. The zero-order valence-corrected chi connectivity index (χ0v) is 12.5. The summed E-state index contributed by atoms with van der Waals surface area (Å²) in [5, 5.41) is 10.1. The smallest absolute Gasteiger partial charge is 0.323 e. The van der Waals surface area contributed by atoms with Crippen molar-refractivity contribution >= 4 is 5.97 Å². The number of carbonyl (C=O) groups is 1. The monoisotopic (exact) mass is 281 g/mol. The van der Waals surface area contributed by atoms with Crippen LogP contribution in [0.5, 0.6) is 11.5 Å². The molecule has 1 aromatic carbocycles. The van der Waals surface area contributed by atoms with Crippen LogP contribution >= 0.6 is 0 Å². The van der Waals surface area contributed by atoms with Gasteiger partial charge in [-0.1, -0.05) is 19.9 Å². The number of hydrogen-bond acceptors (Lipinski definition) is 5. The highest BCUT2D eigenvalue weighted by molar-refractivity contribution is 5.76. The fraction of sp³-hybridized carbons (Fsp3) is 0.533. The van der Waals surface area contributed by atoms with Gasteiger partial charge in [0.25, 0.3) is 0 Å². The topological polar surface area (TPSA) is 81.8 Å². The number of aromatic hydroxyl groups is 1. The number of nitrogens with two attached hydrogens (primary N) is 1. The van der Waals surface area contributed by atoms with Gasteiger partial charge in [-0.25, -0.2) is 0 Å². The molecule has 0 bridgehead atoms. The van der Waals surface area contributed by atoms with Crippen LogP contribution in [0.2, 0.25) is 0 Å². The van der Waals surface area contributed by atoms with E-state index in [1.54, 1.807) is 13.0 Å². The Bertz CT molecular complexity index is 471. The fourth-order valence-electron chi connectivity index (χ4n) is 1.90. The molecule has 0 saturated carbocycles. The molecular weight excluding hydrogens is 258 g/mol. The number of phenols is 1. The Hall–Kier alpha value is -1.75. The molecule has 1 unspecified atom stereocenters. The van der Waals surface area contributed by atoms with Crippen molar-refractivity contribution in [1.82, 2.24) is 0 Å². The maximum absolute atomic E-state index is 11.6. The van der Waals surface area contributed by atoms with E-state index in [0.717, 1.165) is 5.56 Å². The predicted molar refractivity (Wildman–Crippen MR) is 77.1 cm³/mol. The van der Waals surface area contributed by atoms with Gasteiger partial charge in [0, 0.05) is 12.0 Å².